The molecular weight excluding hydrogens is 323 g/mol. The molecule has 0 radical (unpaired) electrons. The number of halogens is 2. The highest BCUT2D eigenvalue weighted by Crippen LogP contribution is 2.26. The summed E-state index contributed by atoms with van der Waals surface area (Å²) in [5.74, 6) is -0.461. The number of nitrogens with zero attached hydrogens (tertiary/aromatic N) is 1. The Balaban J connectivity index is 1.56. The number of nitrogens with one attached hydrogen (secondary N) is 1. The molecule has 0 aliphatic carbocycles. The van der Waals surface area contributed by atoms with E-state index in [4.69, 9.17) is 21.1 Å². The van der Waals surface area contributed by atoms with Gasteiger partial charge in [0, 0.05) is 19.7 Å². The van der Waals surface area contributed by atoms with Crippen molar-refractivity contribution in [1.82, 2.24) is 10.2 Å². The molecule has 2 atom stereocenters. The first kappa shape index (κ1) is 16.5. The third-order valence-corrected chi connectivity index (χ3v) is 4.46. The highest BCUT2D eigenvalue weighted by Gasteiger charge is 2.26. The van der Waals surface area contributed by atoms with Crippen LogP contribution in [0.4, 0.5) is 9.18 Å². The number of carbonyl (C=O) groups is 1. The summed E-state index contributed by atoms with van der Waals surface area (Å²) >= 11 is 5.82. The third-order valence-electron chi connectivity index (χ3n) is 4.17. The highest BCUT2D eigenvalue weighted by atomic mass is 35.5. The van der Waals surface area contributed by atoms with Crippen molar-refractivity contribution in [3.63, 3.8) is 0 Å². The van der Waals surface area contributed by atoms with Gasteiger partial charge in [0.05, 0.1) is 24.3 Å². The fourth-order valence-electron chi connectivity index (χ4n) is 2.87. The van der Waals surface area contributed by atoms with Crippen LogP contribution in [0, 0.1) is 5.82 Å². The molecule has 23 heavy (non-hydrogen) atoms. The van der Waals surface area contributed by atoms with Crippen molar-refractivity contribution in [3.05, 3.63) is 34.6 Å². The molecule has 7 heteroatoms. The fraction of sp³-hybridized carbons (Fsp3) is 0.562. The molecule has 1 aromatic carbocycles. The molecule has 0 unspecified atom stereocenters. The largest absolute Gasteiger partial charge is 0.376 e. The maximum Gasteiger partial charge on any atom is 0.317 e. The zero-order valence-electron chi connectivity index (χ0n) is 12.8. The summed E-state index contributed by atoms with van der Waals surface area (Å²) in [6.45, 7) is 2.68. The van der Waals surface area contributed by atoms with E-state index in [-0.39, 0.29) is 23.3 Å². The van der Waals surface area contributed by atoms with Crippen LogP contribution in [0.25, 0.3) is 0 Å². The van der Waals surface area contributed by atoms with E-state index < -0.39 is 5.82 Å². The second kappa shape index (κ2) is 7.47. The van der Waals surface area contributed by atoms with Crippen LogP contribution in [-0.2, 0) is 9.47 Å². The molecule has 126 valence electrons. The fourth-order valence-corrected chi connectivity index (χ4v) is 3.06. The van der Waals surface area contributed by atoms with Gasteiger partial charge >= 0.3 is 6.03 Å². The first-order valence-corrected chi connectivity index (χ1v) is 8.22. The lowest BCUT2D eigenvalue weighted by molar-refractivity contribution is -0.0158. The summed E-state index contributed by atoms with van der Waals surface area (Å²) in [5.41, 5.74) is 0.771. The van der Waals surface area contributed by atoms with Crippen LogP contribution in [0.2, 0.25) is 5.02 Å². The minimum Gasteiger partial charge on any atom is -0.376 e. The van der Waals surface area contributed by atoms with Crippen LogP contribution in [0.3, 0.4) is 0 Å². The van der Waals surface area contributed by atoms with Crippen molar-refractivity contribution >= 4 is 17.6 Å². The quantitative estimate of drug-likeness (QED) is 0.919. The number of carbonyl (C=O) groups excluding carboxylic acids is 1. The van der Waals surface area contributed by atoms with Gasteiger partial charge in [-0.25, -0.2) is 9.18 Å². The molecular formula is C16H20ClFN2O3. The van der Waals surface area contributed by atoms with Crippen molar-refractivity contribution < 1.29 is 18.7 Å². The lowest BCUT2D eigenvalue weighted by Gasteiger charge is -2.33. The molecule has 0 aromatic heterocycles. The SMILES string of the molecule is O=C(NC[C@@H]1CCCO1)N1CCO[C@@H](c2ccc(F)c(Cl)c2)C1. The lowest BCUT2D eigenvalue weighted by Crippen LogP contribution is -2.48. The molecule has 2 heterocycles. The van der Waals surface area contributed by atoms with Gasteiger partial charge in [-0.1, -0.05) is 17.7 Å². The average molecular weight is 343 g/mol. The number of hydrogen-bond donors (Lipinski definition) is 1. The summed E-state index contributed by atoms with van der Waals surface area (Å²) in [7, 11) is 0. The predicted octanol–water partition coefficient (Wildman–Crippen LogP) is 2.74. The summed E-state index contributed by atoms with van der Waals surface area (Å²) < 4.78 is 24.4. The smallest absolute Gasteiger partial charge is 0.317 e. The van der Waals surface area contributed by atoms with Gasteiger partial charge in [-0.2, -0.15) is 0 Å². The van der Waals surface area contributed by atoms with Gasteiger partial charge < -0.3 is 19.7 Å². The van der Waals surface area contributed by atoms with E-state index in [1.165, 1.54) is 6.07 Å². The van der Waals surface area contributed by atoms with Gasteiger partial charge in [-0.15, -0.1) is 0 Å². The van der Waals surface area contributed by atoms with E-state index in [1.54, 1.807) is 17.0 Å². The number of rotatable bonds is 3. The van der Waals surface area contributed by atoms with E-state index in [9.17, 15) is 9.18 Å². The number of morpholine rings is 1. The Labute approximate surface area is 139 Å². The molecule has 0 saturated carbocycles. The Hall–Kier alpha value is -1.37. The molecule has 0 spiro atoms. The average Bonchev–Trinajstić information content (AvgIpc) is 3.09. The molecule has 2 aliphatic rings. The van der Waals surface area contributed by atoms with E-state index >= 15 is 0 Å². The van der Waals surface area contributed by atoms with E-state index in [0.29, 0.717) is 26.2 Å². The lowest BCUT2D eigenvalue weighted by atomic mass is 10.1. The van der Waals surface area contributed by atoms with Crippen LogP contribution in [0.5, 0.6) is 0 Å². The monoisotopic (exact) mass is 342 g/mol. The van der Waals surface area contributed by atoms with Crippen LogP contribution in [0.1, 0.15) is 24.5 Å². The van der Waals surface area contributed by atoms with Gasteiger partial charge in [0.2, 0.25) is 0 Å². The molecule has 1 aromatic rings. The number of benzene rings is 1. The maximum absolute atomic E-state index is 13.3. The topological polar surface area (TPSA) is 50.8 Å². The number of amides is 2. The van der Waals surface area contributed by atoms with Crippen LogP contribution in [0.15, 0.2) is 18.2 Å². The first-order valence-electron chi connectivity index (χ1n) is 7.84. The van der Waals surface area contributed by atoms with Gasteiger partial charge in [0.1, 0.15) is 11.9 Å². The normalized spacial score (nSPS) is 24.7. The Morgan fingerprint density at radius 1 is 1.39 bits per heavy atom. The zero-order chi connectivity index (χ0) is 16.2. The number of hydrogen-bond acceptors (Lipinski definition) is 3. The van der Waals surface area contributed by atoms with Gasteiger partial charge in [0.15, 0.2) is 0 Å². The van der Waals surface area contributed by atoms with Gasteiger partial charge in [0.25, 0.3) is 0 Å². The molecule has 5 nitrogen and oxygen atoms in total. The van der Waals surface area contributed by atoms with Crippen molar-refractivity contribution in [2.24, 2.45) is 0 Å². The van der Waals surface area contributed by atoms with Crippen molar-refractivity contribution in [3.8, 4) is 0 Å². The molecule has 1 N–H and O–H groups in total. The van der Waals surface area contributed by atoms with Crippen molar-refractivity contribution in [2.75, 3.05) is 32.8 Å². The Morgan fingerprint density at radius 2 is 2.26 bits per heavy atom. The second-order valence-corrected chi connectivity index (χ2v) is 6.21. The maximum atomic E-state index is 13.3. The summed E-state index contributed by atoms with van der Waals surface area (Å²) in [6, 6.07) is 4.38. The first-order chi connectivity index (χ1) is 11.1. The predicted molar refractivity (Wildman–Crippen MR) is 84.0 cm³/mol. The van der Waals surface area contributed by atoms with E-state index in [1.807, 2.05) is 0 Å². The van der Waals surface area contributed by atoms with Crippen LogP contribution >= 0.6 is 11.6 Å². The standard InChI is InChI=1S/C16H20ClFN2O3/c17-13-8-11(3-4-14(13)18)15-10-20(5-7-23-15)16(21)19-9-12-2-1-6-22-12/h3-4,8,12,15H,1-2,5-7,9-10H2,(H,19,21)/t12-,15+/m0/s1. The summed E-state index contributed by atoms with van der Waals surface area (Å²) in [6.07, 6.45) is 1.85. The molecule has 0 bridgehead atoms. The minimum absolute atomic E-state index is 0.0612. The Bertz CT molecular complexity index is 566. The minimum atomic E-state index is -0.461. The van der Waals surface area contributed by atoms with E-state index in [0.717, 1.165) is 25.0 Å². The van der Waals surface area contributed by atoms with Gasteiger partial charge in [-0.3, -0.25) is 0 Å². The van der Waals surface area contributed by atoms with Crippen molar-refractivity contribution in [1.29, 1.82) is 0 Å². The highest BCUT2D eigenvalue weighted by molar-refractivity contribution is 6.30. The molecule has 2 fully saturated rings. The Kier molecular flexibility index (Phi) is 5.35. The molecule has 2 aliphatic heterocycles. The molecule has 2 amide bonds. The molecule has 2 saturated heterocycles. The van der Waals surface area contributed by atoms with Crippen LogP contribution in [-0.4, -0.2) is 49.9 Å². The summed E-state index contributed by atoms with van der Waals surface area (Å²) in [4.78, 5) is 14.0. The second-order valence-electron chi connectivity index (χ2n) is 5.80. The Morgan fingerprint density at radius 3 is 3.00 bits per heavy atom. The number of ether oxygens (including phenoxy) is 2. The van der Waals surface area contributed by atoms with E-state index in [2.05, 4.69) is 5.32 Å². The summed E-state index contributed by atoms with van der Waals surface area (Å²) in [5, 5.41) is 2.97. The van der Waals surface area contributed by atoms with Gasteiger partial charge in [-0.05, 0) is 30.5 Å². The number of urea groups is 1. The molecule has 3 rings (SSSR count). The van der Waals surface area contributed by atoms with Crippen molar-refractivity contribution in [2.45, 2.75) is 25.0 Å². The zero-order valence-corrected chi connectivity index (χ0v) is 13.5. The third kappa shape index (κ3) is 4.13. The van der Waals surface area contributed by atoms with Crippen LogP contribution < -0.4 is 5.32 Å².